The fourth-order valence-electron chi connectivity index (χ4n) is 2.03. The lowest BCUT2D eigenvalue weighted by Crippen LogP contribution is -2.47. The van der Waals surface area contributed by atoms with Gasteiger partial charge in [-0.2, -0.15) is 0 Å². The van der Waals surface area contributed by atoms with E-state index in [4.69, 9.17) is 10.5 Å². The smallest absolute Gasteiger partial charge is 0.226 e. The van der Waals surface area contributed by atoms with Crippen molar-refractivity contribution in [3.63, 3.8) is 0 Å². The highest BCUT2D eigenvalue weighted by atomic mass is 35.5. The maximum atomic E-state index is 12.1. The minimum Gasteiger partial charge on any atom is -0.385 e. The summed E-state index contributed by atoms with van der Waals surface area (Å²) in [6.45, 7) is 4.01. The first-order valence-electron chi connectivity index (χ1n) is 6.12. The maximum Gasteiger partial charge on any atom is 0.226 e. The number of nitrogens with one attached hydrogen (secondary N) is 1. The van der Waals surface area contributed by atoms with Crippen molar-refractivity contribution in [1.29, 1.82) is 0 Å². The number of carbonyl (C=O) groups is 1. The summed E-state index contributed by atoms with van der Waals surface area (Å²) < 4.78 is 5.07. The second kappa shape index (κ2) is 7.90. The highest BCUT2D eigenvalue weighted by Gasteiger charge is 2.43. The molecule has 0 radical (unpaired) electrons. The van der Waals surface area contributed by atoms with Crippen molar-refractivity contribution in [3.8, 4) is 0 Å². The minimum atomic E-state index is -0.148. The first-order chi connectivity index (χ1) is 7.64. The molecule has 4 nitrogen and oxygen atoms in total. The Labute approximate surface area is 110 Å². The lowest BCUT2D eigenvalue weighted by molar-refractivity contribution is -0.137. The Hall–Kier alpha value is -0.320. The number of methoxy groups -OCH3 is 1. The van der Waals surface area contributed by atoms with Crippen LogP contribution in [0.2, 0.25) is 0 Å². The fraction of sp³-hybridized carbons (Fsp3) is 0.917. The van der Waals surface area contributed by atoms with Gasteiger partial charge in [-0.1, -0.05) is 13.3 Å². The third-order valence-electron chi connectivity index (χ3n) is 3.59. The number of ether oxygens (including phenoxy) is 1. The second-order valence-electron chi connectivity index (χ2n) is 4.93. The van der Waals surface area contributed by atoms with E-state index >= 15 is 0 Å². The van der Waals surface area contributed by atoms with Crippen LogP contribution in [0.15, 0.2) is 0 Å². The van der Waals surface area contributed by atoms with E-state index in [1.807, 2.05) is 6.92 Å². The van der Waals surface area contributed by atoms with Gasteiger partial charge in [-0.25, -0.2) is 0 Å². The number of halogens is 1. The first kappa shape index (κ1) is 16.7. The fourth-order valence-corrected chi connectivity index (χ4v) is 2.03. The standard InChI is InChI=1S/C12H24N2O2.ClH/c1-10(8-13)9-14-11(15)12(4-3-5-12)6-7-16-2;/h10H,3-9,13H2,1-2H3,(H,14,15);1H. The van der Waals surface area contributed by atoms with Gasteiger partial charge in [0.15, 0.2) is 0 Å². The molecule has 0 bridgehead atoms. The van der Waals surface area contributed by atoms with E-state index in [-0.39, 0.29) is 23.7 Å². The topological polar surface area (TPSA) is 64.3 Å². The average molecular weight is 265 g/mol. The number of hydrogen-bond acceptors (Lipinski definition) is 3. The van der Waals surface area contributed by atoms with E-state index in [9.17, 15) is 4.79 Å². The first-order valence-corrected chi connectivity index (χ1v) is 6.12. The molecule has 1 fully saturated rings. The van der Waals surface area contributed by atoms with E-state index in [0.717, 1.165) is 25.7 Å². The zero-order valence-electron chi connectivity index (χ0n) is 10.8. The van der Waals surface area contributed by atoms with E-state index < -0.39 is 0 Å². The molecule has 5 heteroatoms. The van der Waals surface area contributed by atoms with Crippen molar-refractivity contribution in [2.45, 2.75) is 32.6 Å². The van der Waals surface area contributed by atoms with Crippen molar-refractivity contribution in [2.75, 3.05) is 26.8 Å². The third kappa shape index (κ3) is 4.45. The van der Waals surface area contributed by atoms with Crippen molar-refractivity contribution < 1.29 is 9.53 Å². The summed E-state index contributed by atoms with van der Waals surface area (Å²) in [5, 5.41) is 3.01. The maximum absolute atomic E-state index is 12.1. The van der Waals surface area contributed by atoms with Crippen LogP contribution in [-0.2, 0) is 9.53 Å². The molecule has 1 saturated carbocycles. The molecular formula is C12H25ClN2O2. The summed E-state index contributed by atoms with van der Waals surface area (Å²) in [4.78, 5) is 12.1. The lowest BCUT2D eigenvalue weighted by atomic mass is 9.66. The molecule has 0 heterocycles. The summed E-state index contributed by atoms with van der Waals surface area (Å²) in [5.41, 5.74) is 5.37. The Morgan fingerprint density at radius 1 is 1.53 bits per heavy atom. The van der Waals surface area contributed by atoms with E-state index in [1.54, 1.807) is 7.11 Å². The van der Waals surface area contributed by atoms with Crippen molar-refractivity contribution in [1.82, 2.24) is 5.32 Å². The predicted molar refractivity (Wildman–Crippen MR) is 71.3 cm³/mol. The molecule has 1 aliphatic carbocycles. The molecule has 0 aromatic carbocycles. The summed E-state index contributed by atoms with van der Waals surface area (Å²) in [6, 6.07) is 0. The molecule has 0 aliphatic heterocycles. The average Bonchev–Trinajstić information content (AvgIpc) is 2.24. The van der Waals surface area contributed by atoms with Crippen LogP contribution in [0.3, 0.4) is 0 Å². The van der Waals surface area contributed by atoms with Crippen LogP contribution in [-0.4, -0.2) is 32.7 Å². The Balaban J connectivity index is 0.00000256. The molecule has 1 rings (SSSR count). The van der Waals surface area contributed by atoms with Crippen LogP contribution in [0.5, 0.6) is 0 Å². The highest BCUT2D eigenvalue weighted by molar-refractivity contribution is 5.85. The molecule has 17 heavy (non-hydrogen) atoms. The zero-order valence-corrected chi connectivity index (χ0v) is 11.6. The monoisotopic (exact) mass is 264 g/mol. The molecule has 1 atom stereocenters. The van der Waals surface area contributed by atoms with Crippen LogP contribution in [0.1, 0.15) is 32.6 Å². The molecule has 0 saturated heterocycles. The molecular weight excluding hydrogens is 240 g/mol. The molecule has 0 aromatic heterocycles. The number of carbonyl (C=O) groups excluding carboxylic acids is 1. The minimum absolute atomic E-state index is 0. The van der Waals surface area contributed by atoms with Gasteiger partial charge in [0, 0.05) is 20.3 Å². The van der Waals surface area contributed by atoms with Crippen LogP contribution >= 0.6 is 12.4 Å². The summed E-state index contributed by atoms with van der Waals surface area (Å²) in [5.74, 6) is 0.541. The van der Waals surface area contributed by atoms with Gasteiger partial charge in [-0.05, 0) is 31.7 Å². The van der Waals surface area contributed by atoms with Gasteiger partial charge in [0.05, 0.1) is 5.41 Å². The molecule has 3 N–H and O–H groups in total. The SMILES string of the molecule is COCCC1(C(=O)NCC(C)CN)CCC1.Cl. The molecule has 1 unspecified atom stereocenters. The van der Waals surface area contributed by atoms with E-state index in [0.29, 0.717) is 25.6 Å². The van der Waals surface area contributed by atoms with Gasteiger partial charge in [-0.3, -0.25) is 4.79 Å². The number of amides is 1. The van der Waals surface area contributed by atoms with E-state index in [2.05, 4.69) is 5.32 Å². The molecule has 1 aliphatic rings. The van der Waals surface area contributed by atoms with Gasteiger partial charge in [0.25, 0.3) is 0 Å². The number of rotatable bonds is 7. The van der Waals surface area contributed by atoms with Gasteiger partial charge in [0.2, 0.25) is 5.91 Å². The zero-order chi connectivity index (χ0) is 12.0. The van der Waals surface area contributed by atoms with Gasteiger partial charge in [-0.15, -0.1) is 12.4 Å². The number of nitrogens with two attached hydrogens (primary N) is 1. The summed E-state index contributed by atoms with van der Waals surface area (Å²) >= 11 is 0. The predicted octanol–water partition coefficient (Wildman–Crippen LogP) is 1.33. The lowest BCUT2D eigenvalue weighted by Gasteiger charge is -2.40. The molecule has 0 aromatic rings. The van der Waals surface area contributed by atoms with Crippen molar-refractivity contribution in [3.05, 3.63) is 0 Å². The van der Waals surface area contributed by atoms with Crippen LogP contribution in [0.4, 0.5) is 0 Å². The highest BCUT2D eigenvalue weighted by Crippen LogP contribution is 2.44. The van der Waals surface area contributed by atoms with Crippen LogP contribution < -0.4 is 11.1 Å². The van der Waals surface area contributed by atoms with E-state index in [1.165, 1.54) is 0 Å². The van der Waals surface area contributed by atoms with Gasteiger partial charge < -0.3 is 15.8 Å². The van der Waals surface area contributed by atoms with Crippen molar-refractivity contribution >= 4 is 18.3 Å². The van der Waals surface area contributed by atoms with Crippen LogP contribution in [0.25, 0.3) is 0 Å². The second-order valence-corrected chi connectivity index (χ2v) is 4.93. The number of hydrogen-bond donors (Lipinski definition) is 2. The molecule has 102 valence electrons. The quantitative estimate of drug-likeness (QED) is 0.729. The Morgan fingerprint density at radius 3 is 2.59 bits per heavy atom. The van der Waals surface area contributed by atoms with Gasteiger partial charge in [0.1, 0.15) is 0 Å². The molecule has 1 amide bonds. The third-order valence-corrected chi connectivity index (χ3v) is 3.59. The Kier molecular flexibility index (Phi) is 7.75. The summed E-state index contributed by atoms with van der Waals surface area (Å²) in [6.07, 6.45) is 3.99. The molecule has 0 spiro atoms. The van der Waals surface area contributed by atoms with Crippen LogP contribution in [0, 0.1) is 11.3 Å². The van der Waals surface area contributed by atoms with Crippen molar-refractivity contribution in [2.24, 2.45) is 17.1 Å². The summed E-state index contributed by atoms with van der Waals surface area (Å²) in [7, 11) is 1.68. The van der Waals surface area contributed by atoms with Gasteiger partial charge >= 0.3 is 0 Å². The normalized spacial score (nSPS) is 18.8. The largest absolute Gasteiger partial charge is 0.385 e. The Bertz CT molecular complexity index is 233. The Morgan fingerprint density at radius 2 is 2.18 bits per heavy atom.